The van der Waals surface area contributed by atoms with Crippen LogP contribution in [-0.2, 0) is 104 Å². The van der Waals surface area contributed by atoms with Crippen LogP contribution >= 0.6 is 44.3 Å². The van der Waals surface area contributed by atoms with Crippen LogP contribution in [0.15, 0.2) is 252 Å². The minimum absolute atomic E-state index is 0. The molecule has 28 heteroatoms. The van der Waals surface area contributed by atoms with E-state index in [-0.39, 0.29) is 116 Å². The van der Waals surface area contributed by atoms with Gasteiger partial charge in [-0.25, -0.2) is 4.79 Å². The summed E-state index contributed by atoms with van der Waals surface area (Å²) < 4.78 is 16.7. The molecule has 0 saturated carbocycles. The van der Waals surface area contributed by atoms with Crippen LogP contribution in [0.25, 0.3) is 44.5 Å². The molecule has 0 aromatic heterocycles. The molecule has 15 rings (SSSR count). The van der Waals surface area contributed by atoms with Crippen molar-refractivity contribution in [3.63, 3.8) is 0 Å². The number of halogens is 3. The number of aromatic carboxylic acids is 1. The summed E-state index contributed by atoms with van der Waals surface area (Å²) in [6.45, 7) is 16.0. The molecule has 0 spiro atoms. The number of carbonyl (C=O) groups excluding carboxylic acids is 6. The number of carboxylic acid groups (broad SMARTS) is 2. The van der Waals surface area contributed by atoms with Gasteiger partial charge in [0.05, 0.1) is 51.1 Å². The SMILES string of the molecule is C.CC1=CCc2cc(C(=O)Nc3ccccc3CC(=O)O)cc(-c3cccc(CN)c3)c21.CC1=CCc2cc(C(=O)O)cc(Br)c21.CCOC(=O)Cc1ccccc1N.CCOC(=O)Cc1ccccc1NC(=O)c1cc(Br)c2c(c1)CC=C2C.CCOC(=O)Cc1ccccc1NC(=O)c1cc2c(c(-c3cccc(CN)c3)c1)C(C)=CC2.Cl.NCc1cccc(B(O)O)c1.[Na+].[OH-]. The number of para-hydroxylation sites is 4. The fourth-order valence-electron chi connectivity index (χ4n) is 15.2. The number of rotatable bonds is 24. The maximum absolute atomic E-state index is 13.3. The van der Waals surface area contributed by atoms with Crippen molar-refractivity contribution in [3.05, 3.63) is 357 Å². The van der Waals surface area contributed by atoms with E-state index in [9.17, 15) is 38.4 Å². The van der Waals surface area contributed by atoms with E-state index in [2.05, 4.69) is 111 Å². The Hall–Kier alpha value is -12.0. The standard InChI is InChI=1S/C28H28N2O3.C26H24N2O3.C21H20BrNO3.C11H9BrO2.C10H13NO2.C7H10BNO2.CH4.ClH.Na.H2O/c1-3-33-26(31)16-21-8-4-5-10-25(21)30-28(32)23-14-22-12-11-18(2)27(22)24(15-23)20-9-6-7-19(13-20)17-29;1-16-9-10-20-12-21(13-22(25(16)20)18-7-4-5-17(11-18)15-27)26(31)28-23-8-3-2-6-19(23)14-24(29)30;1-3-26-19(24)12-14-6-4-5-7-18(14)23-21(25)16-10-15-9-8-13(2)20(15)17(22)11-16;1-6-2-3-7-4-8(11(13)14)5-9(12)10(6)7;1-2-13-10(12)7-8-5-3-4-6-9(8)11;9-5-6-2-1-3-7(4-6)8(10)11;;;;/h4-11,13-15H,3,12,16-17,29H2,1-2H3,(H,30,32);2-9,11-13H,10,14-15,27H2,1H3,(H,28,31)(H,29,30);4-8,10-11H,3,9,12H2,1-2H3,(H,23,25);2,4-5H,3H2,1H3,(H,13,14);3-6H,2,7,11H2,1H3;1-4,10-11H,5,9H2;1H4;1H;;1H2/q;;;;;;;;+1;/p-1. The fourth-order valence-corrected chi connectivity index (χ4v) is 16.8. The number of carbonyl (C=O) groups is 8. The number of nitrogen functional groups attached to an aromatic ring is 1. The summed E-state index contributed by atoms with van der Waals surface area (Å²) in [5, 5.41) is 44.3. The van der Waals surface area contributed by atoms with Crippen LogP contribution in [0.4, 0.5) is 22.7 Å². The van der Waals surface area contributed by atoms with Crippen LogP contribution in [0, 0.1) is 0 Å². The summed E-state index contributed by atoms with van der Waals surface area (Å²) in [5.41, 5.74) is 51.5. The van der Waals surface area contributed by atoms with Crippen LogP contribution in [0.5, 0.6) is 0 Å². The third kappa shape index (κ3) is 29.8. The molecule has 4 aliphatic rings. The quantitative estimate of drug-likeness (QED) is 0.0116. The second-order valence-corrected chi connectivity index (χ2v) is 32.2. The molecule has 4 aliphatic carbocycles. The Morgan fingerprint density at radius 3 is 1.06 bits per heavy atom. The molecule has 16 N–H and O–H groups in total. The Balaban J connectivity index is 0.000000253. The first kappa shape index (κ1) is 109. The molecule has 0 unspecified atom stereocenters. The molecule has 3 amide bonds. The molecule has 0 heterocycles. The van der Waals surface area contributed by atoms with Gasteiger partial charge in [-0.3, -0.25) is 33.6 Å². The van der Waals surface area contributed by atoms with Gasteiger partial charge < -0.3 is 78.8 Å². The van der Waals surface area contributed by atoms with Gasteiger partial charge in [0.1, 0.15) is 0 Å². The first-order chi connectivity index (χ1) is 61.5. The second-order valence-electron chi connectivity index (χ2n) is 30.5. The number of carboxylic acids is 2. The Kier molecular flexibility index (Phi) is 43.6. The van der Waals surface area contributed by atoms with E-state index < -0.39 is 19.1 Å². The summed E-state index contributed by atoms with van der Waals surface area (Å²) in [5.74, 6) is -3.36. The smallest absolute Gasteiger partial charge is 0.870 e. The van der Waals surface area contributed by atoms with E-state index in [1.165, 1.54) is 33.4 Å². The monoisotopic (exact) mass is 1940 g/mol. The van der Waals surface area contributed by atoms with E-state index in [4.69, 9.17) is 57.4 Å². The predicted octanol–water partition coefficient (Wildman–Crippen LogP) is 15.7. The Morgan fingerprint density at radius 2 is 0.705 bits per heavy atom. The molecule has 11 aromatic carbocycles. The number of hydrogen-bond donors (Lipinski definition) is 11. The second kappa shape index (κ2) is 52.9. The molecule has 682 valence electrons. The molecule has 0 aliphatic heterocycles. The van der Waals surface area contributed by atoms with Gasteiger partial charge in [-0.2, -0.15) is 0 Å². The average Bonchev–Trinajstić information content (AvgIpc) is 1.69. The number of hydrogen-bond acceptors (Lipinski definition) is 18. The maximum Gasteiger partial charge on any atom is 1.00 e. The number of fused-ring (bicyclic) bond motifs is 4. The van der Waals surface area contributed by atoms with Crippen molar-refractivity contribution in [2.45, 2.75) is 127 Å². The molecule has 23 nitrogen and oxygen atoms in total. The van der Waals surface area contributed by atoms with Crippen molar-refractivity contribution >= 4 is 149 Å². The molecule has 0 fully saturated rings. The van der Waals surface area contributed by atoms with Crippen molar-refractivity contribution < 1.29 is 108 Å². The summed E-state index contributed by atoms with van der Waals surface area (Å²) in [7, 11) is -1.40. The third-order valence-corrected chi connectivity index (χ3v) is 22.7. The van der Waals surface area contributed by atoms with E-state index >= 15 is 0 Å². The van der Waals surface area contributed by atoms with E-state index in [1.807, 2.05) is 134 Å². The normalized spacial score (nSPS) is 11.6. The fraction of sp³-hybridized carbons (Fsp3) is 0.212. The average molecular weight is 1940 g/mol. The number of benzene rings is 11. The van der Waals surface area contributed by atoms with Crippen LogP contribution in [-0.4, -0.2) is 100 Å². The zero-order valence-electron chi connectivity index (χ0n) is 74.3. The Labute approximate surface area is 816 Å². The predicted molar refractivity (Wildman–Crippen MR) is 531 cm³/mol. The van der Waals surface area contributed by atoms with E-state index in [0.717, 1.165) is 124 Å². The van der Waals surface area contributed by atoms with Crippen molar-refractivity contribution in [1.82, 2.24) is 0 Å². The van der Waals surface area contributed by atoms with Crippen molar-refractivity contribution in [3.8, 4) is 22.3 Å². The molecule has 132 heavy (non-hydrogen) atoms. The van der Waals surface area contributed by atoms with E-state index in [0.29, 0.717) is 95.5 Å². The van der Waals surface area contributed by atoms with Gasteiger partial charge in [-0.15, -0.1) is 12.4 Å². The van der Waals surface area contributed by atoms with Crippen LogP contribution < -0.4 is 73.9 Å². The van der Waals surface area contributed by atoms with Gasteiger partial charge in [-0.05, 0) is 293 Å². The number of esters is 3. The zero-order valence-corrected chi connectivity index (χ0v) is 80.3. The number of ether oxygens (including phenoxy) is 3. The number of anilines is 4. The number of aliphatic carboxylic acids is 1. The molecule has 0 atom stereocenters. The topological polar surface area (TPSA) is 415 Å². The molecule has 0 bridgehead atoms. The summed E-state index contributed by atoms with van der Waals surface area (Å²) in [6, 6.07) is 66.9. The third-order valence-electron chi connectivity index (χ3n) is 21.5. The minimum Gasteiger partial charge on any atom is -0.870 e. The molecular formula is C104H110BBr2ClN7NaO16. The van der Waals surface area contributed by atoms with Gasteiger partial charge in [-0.1, -0.05) is 197 Å². The minimum atomic E-state index is -1.40. The van der Waals surface area contributed by atoms with Crippen LogP contribution in [0.3, 0.4) is 0 Å². The van der Waals surface area contributed by atoms with Crippen LogP contribution in [0.1, 0.15) is 181 Å². The molecule has 0 saturated heterocycles. The number of nitrogens with two attached hydrogens (primary N) is 4. The van der Waals surface area contributed by atoms with Crippen LogP contribution in [0.2, 0.25) is 0 Å². The Bertz CT molecular complexity index is 6140. The summed E-state index contributed by atoms with van der Waals surface area (Å²) >= 11 is 6.98. The van der Waals surface area contributed by atoms with Crippen molar-refractivity contribution in [2.75, 3.05) is 41.5 Å². The van der Waals surface area contributed by atoms with Gasteiger partial charge in [0.2, 0.25) is 0 Å². The molecule has 0 radical (unpaired) electrons. The number of allylic oxidation sites excluding steroid dienone is 8. The first-order valence-electron chi connectivity index (χ1n) is 41.9. The van der Waals surface area contributed by atoms with Gasteiger partial charge in [0.15, 0.2) is 0 Å². The van der Waals surface area contributed by atoms with Gasteiger partial charge in [0.25, 0.3) is 17.7 Å². The van der Waals surface area contributed by atoms with Crippen molar-refractivity contribution in [2.24, 2.45) is 17.2 Å². The zero-order chi connectivity index (χ0) is 92.3. The molecular weight excluding hydrogens is 1830 g/mol. The van der Waals surface area contributed by atoms with Gasteiger partial charge >= 0.3 is 66.5 Å². The van der Waals surface area contributed by atoms with E-state index in [1.54, 1.807) is 93.6 Å². The first-order valence-corrected chi connectivity index (χ1v) is 43.4. The largest absolute Gasteiger partial charge is 1.00 e. The Morgan fingerprint density at radius 1 is 0.394 bits per heavy atom. The van der Waals surface area contributed by atoms with Gasteiger partial charge in [0, 0.05) is 68.0 Å². The number of amides is 3. The maximum atomic E-state index is 13.3. The molecule has 11 aromatic rings. The number of nitrogens with one attached hydrogen (secondary N) is 3. The van der Waals surface area contributed by atoms with Crippen molar-refractivity contribution in [1.29, 1.82) is 0 Å². The summed E-state index contributed by atoms with van der Waals surface area (Å²) in [6.07, 6.45) is 12.2. The summed E-state index contributed by atoms with van der Waals surface area (Å²) in [4.78, 5) is 96.0.